The van der Waals surface area contributed by atoms with Crippen molar-refractivity contribution in [2.24, 2.45) is 0 Å². The van der Waals surface area contributed by atoms with Crippen molar-refractivity contribution in [2.45, 2.75) is 51.9 Å². The van der Waals surface area contributed by atoms with E-state index in [9.17, 15) is 0 Å². The van der Waals surface area contributed by atoms with Crippen molar-refractivity contribution in [2.75, 3.05) is 0 Å². The second-order valence-electron chi connectivity index (χ2n) is 7.26. The van der Waals surface area contributed by atoms with E-state index in [1.54, 1.807) is 0 Å². The van der Waals surface area contributed by atoms with E-state index in [1.165, 1.54) is 11.0 Å². The predicted octanol–water partition coefficient (Wildman–Crippen LogP) is 5.18. The Morgan fingerprint density at radius 3 is 1.75 bits per heavy atom. The van der Waals surface area contributed by atoms with Gasteiger partial charge in [-0.2, -0.15) is 0 Å². The average molecular weight is 287 g/mol. The second kappa shape index (κ2) is 5.37. The minimum atomic E-state index is -0.284. The zero-order valence-corrected chi connectivity index (χ0v) is 14.4. The Morgan fingerprint density at radius 1 is 0.750 bits per heavy atom. The maximum atomic E-state index is 2.37. The summed E-state index contributed by atoms with van der Waals surface area (Å²) in [7, 11) is -0.284. The molecular weight excluding hydrogens is 261 g/mol. The largest absolute Gasteiger partial charge is 0.323 e. The topological polar surface area (TPSA) is 4.93 Å². The normalized spacial score (nSPS) is 12.9. The van der Waals surface area contributed by atoms with Gasteiger partial charge in [-0.05, 0) is 28.5 Å². The average Bonchev–Trinajstić information content (AvgIpc) is 2.79. The van der Waals surface area contributed by atoms with Gasteiger partial charge in [-0.3, -0.25) is 0 Å². The maximum absolute atomic E-state index is 2.37. The summed E-state index contributed by atoms with van der Waals surface area (Å²) in [5, 5.41) is 2.08. The highest BCUT2D eigenvalue weighted by molar-refractivity contribution is 7.68. The molecule has 1 nitrogen and oxygen atoms in total. The van der Waals surface area contributed by atoms with Gasteiger partial charge in [0.1, 0.15) is 0 Å². The summed E-state index contributed by atoms with van der Waals surface area (Å²) in [4.78, 5) is 0. The van der Waals surface area contributed by atoms with Crippen LogP contribution in [0.3, 0.4) is 0 Å². The number of nitrogens with zero attached hydrogens (tertiary/aromatic N) is 1. The smallest absolute Gasteiger partial charge is 0.0526 e. The first kappa shape index (κ1) is 15.3. The molecule has 0 radical (unpaired) electrons. The molecule has 0 saturated carbocycles. The molecule has 0 saturated heterocycles. The highest BCUT2D eigenvalue weighted by Gasteiger charge is 2.36. The number of hydrogen-bond acceptors (Lipinski definition) is 0. The SMILES string of the molecule is CC(C)(C)P(c1ccccc1-n1cccc1)C(C)(C)C. The van der Waals surface area contributed by atoms with Crippen molar-refractivity contribution in [3.05, 3.63) is 48.8 Å². The number of benzene rings is 1. The fourth-order valence-electron chi connectivity index (χ4n) is 3.10. The molecule has 0 amide bonds. The number of para-hydroxylation sites is 1. The zero-order valence-electron chi connectivity index (χ0n) is 13.5. The molecule has 0 bridgehead atoms. The minimum Gasteiger partial charge on any atom is -0.323 e. The van der Waals surface area contributed by atoms with E-state index in [4.69, 9.17) is 0 Å². The number of aromatic nitrogens is 1. The van der Waals surface area contributed by atoms with Crippen LogP contribution < -0.4 is 5.30 Å². The predicted molar refractivity (Wildman–Crippen MR) is 91.8 cm³/mol. The number of rotatable bonds is 2. The van der Waals surface area contributed by atoms with Gasteiger partial charge in [0, 0.05) is 17.7 Å². The summed E-state index contributed by atoms with van der Waals surface area (Å²) >= 11 is 0. The van der Waals surface area contributed by atoms with Crippen LogP contribution in [-0.4, -0.2) is 14.9 Å². The lowest BCUT2D eigenvalue weighted by Crippen LogP contribution is -2.32. The van der Waals surface area contributed by atoms with Crippen LogP contribution in [0, 0.1) is 0 Å². The van der Waals surface area contributed by atoms with Crippen LogP contribution in [0.2, 0.25) is 0 Å². The van der Waals surface area contributed by atoms with Crippen LogP contribution in [0.25, 0.3) is 5.69 Å². The van der Waals surface area contributed by atoms with Crippen LogP contribution in [-0.2, 0) is 0 Å². The van der Waals surface area contributed by atoms with Gasteiger partial charge in [0.15, 0.2) is 0 Å². The van der Waals surface area contributed by atoms with E-state index in [0.717, 1.165) is 0 Å². The summed E-state index contributed by atoms with van der Waals surface area (Å²) in [6, 6.07) is 13.0. The molecule has 2 rings (SSSR count). The molecule has 0 aliphatic heterocycles. The van der Waals surface area contributed by atoms with Crippen LogP contribution in [0.5, 0.6) is 0 Å². The van der Waals surface area contributed by atoms with Crippen molar-refractivity contribution in [1.29, 1.82) is 0 Å². The Balaban J connectivity index is 2.61. The van der Waals surface area contributed by atoms with Crippen LogP contribution in [0.4, 0.5) is 0 Å². The third-order valence-corrected chi connectivity index (χ3v) is 6.89. The molecule has 0 aliphatic rings. The van der Waals surface area contributed by atoms with E-state index in [0.29, 0.717) is 0 Å². The molecule has 1 heterocycles. The van der Waals surface area contributed by atoms with Gasteiger partial charge in [-0.1, -0.05) is 67.7 Å². The molecule has 0 atom stereocenters. The summed E-state index contributed by atoms with van der Waals surface area (Å²) in [6.45, 7) is 14.2. The quantitative estimate of drug-likeness (QED) is 0.671. The van der Waals surface area contributed by atoms with Crippen LogP contribution in [0.15, 0.2) is 48.8 Å². The third-order valence-electron chi connectivity index (χ3n) is 3.35. The zero-order chi connectivity index (χ0) is 15.0. The van der Waals surface area contributed by atoms with Crippen LogP contribution in [0.1, 0.15) is 41.5 Å². The molecule has 20 heavy (non-hydrogen) atoms. The molecule has 2 aromatic rings. The van der Waals surface area contributed by atoms with E-state index in [-0.39, 0.29) is 18.2 Å². The van der Waals surface area contributed by atoms with Gasteiger partial charge in [0.05, 0.1) is 5.69 Å². The Labute approximate surface area is 124 Å². The molecule has 0 aliphatic carbocycles. The lowest BCUT2D eigenvalue weighted by atomic mass is 10.2. The molecule has 0 unspecified atom stereocenters. The molecule has 2 heteroatoms. The summed E-state index contributed by atoms with van der Waals surface area (Å²) in [5.74, 6) is 0. The van der Waals surface area contributed by atoms with Gasteiger partial charge < -0.3 is 4.57 Å². The summed E-state index contributed by atoms with van der Waals surface area (Å²) in [6.07, 6.45) is 4.27. The van der Waals surface area contributed by atoms with Gasteiger partial charge >= 0.3 is 0 Å². The Kier molecular flexibility index (Phi) is 4.12. The highest BCUT2D eigenvalue weighted by atomic mass is 31.1. The van der Waals surface area contributed by atoms with Crippen molar-refractivity contribution in [1.82, 2.24) is 4.57 Å². The van der Waals surface area contributed by atoms with Gasteiger partial charge in [0.25, 0.3) is 0 Å². The molecule has 108 valence electrons. The first-order valence-electron chi connectivity index (χ1n) is 7.24. The van der Waals surface area contributed by atoms with E-state index in [1.807, 2.05) is 0 Å². The van der Waals surface area contributed by atoms with Crippen molar-refractivity contribution >= 4 is 13.2 Å². The van der Waals surface area contributed by atoms with Gasteiger partial charge in [-0.25, -0.2) is 0 Å². The lowest BCUT2D eigenvalue weighted by molar-refractivity contribution is 0.714. The molecule has 0 N–H and O–H groups in total. The van der Waals surface area contributed by atoms with Crippen LogP contribution >= 0.6 is 7.92 Å². The second-order valence-corrected chi connectivity index (χ2v) is 11.1. The third kappa shape index (κ3) is 3.15. The fraction of sp³-hybridized carbons (Fsp3) is 0.444. The molecule has 1 aromatic carbocycles. The first-order chi connectivity index (χ1) is 9.21. The minimum absolute atomic E-state index is 0.284. The molecule has 1 aromatic heterocycles. The van der Waals surface area contributed by atoms with Crippen molar-refractivity contribution < 1.29 is 0 Å². The van der Waals surface area contributed by atoms with E-state index < -0.39 is 0 Å². The van der Waals surface area contributed by atoms with Gasteiger partial charge in [-0.15, -0.1) is 0 Å². The summed E-state index contributed by atoms with van der Waals surface area (Å²) < 4.78 is 2.24. The van der Waals surface area contributed by atoms with Crippen molar-refractivity contribution in [3.63, 3.8) is 0 Å². The Morgan fingerprint density at radius 2 is 1.25 bits per heavy atom. The number of hydrogen-bond donors (Lipinski definition) is 0. The highest BCUT2D eigenvalue weighted by Crippen LogP contribution is 2.58. The Hall–Kier alpha value is -1.07. The van der Waals surface area contributed by atoms with E-state index >= 15 is 0 Å². The molecular formula is C18H26NP. The fourth-order valence-corrected chi connectivity index (χ4v) is 7.21. The lowest BCUT2D eigenvalue weighted by Gasteiger charge is -2.42. The maximum Gasteiger partial charge on any atom is 0.0526 e. The summed E-state index contributed by atoms with van der Waals surface area (Å²) in [5.41, 5.74) is 1.33. The standard InChI is InChI=1S/C18H26NP/c1-17(2,3)20(18(4,5)6)16-12-8-7-11-15(16)19-13-9-10-14-19/h7-14H,1-6H3. The monoisotopic (exact) mass is 287 g/mol. The molecule has 0 spiro atoms. The molecule has 0 fully saturated rings. The van der Waals surface area contributed by atoms with Crippen molar-refractivity contribution in [3.8, 4) is 5.69 Å². The first-order valence-corrected chi connectivity index (χ1v) is 8.58. The Bertz CT molecular complexity index is 542. The van der Waals surface area contributed by atoms with E-state index in [2.05, 4.69) is 94.9 Å². The van der Waals surface area contributed by atoms with Gasteiger partial charge in [0.2, 0.25) is 0 Å².